The second kappa shape index (κ2) is 9.98. The highest BCUT2D eigenvalue weighted by Crippen LogP contribution is 2.19. The molecule has 0 aliphatic rings. The van der Waals surface area contributed by atoms with Gasteiger partial charge in [-0.2, -0.15) is 0 Å². The van der Waals surface area contributed by atoms with Gasteiger partial charge >= 0.3 is 0 Å². The molecule has 0 radical (unpaired) electrons. The lowest BCUT2D eigenvalue weighted by Gasteiger charge is -2.00. The molecule has 0 amide bonds. The van der Waals surface area contributed by atoms with Crippen LogP contribution in [0.25, 0.3) is 0 Å². The van der Waals surface area contributed by atoms with Crippen molar-refractivity contribution in [3.63, 3.8) is 0 Å². The average Bonchev–Trinajstić information content (AvgIpc) is 2.62. The number of nitrogens with one attached hydrogen (secondary N) is 1. The van der Waals surface area contributed by atoms with Crippen LogP contribution in [0.1, 0.15) is 0 Å². The fourth-order valence-electron chi connectivity index (χ4n) is 1.80. The lowest BCUT2D eigenvalue weighted by Crippen LogP contribution is -1.85. The molecule has 118 valence electrons. The van der Waals surface area contributed by atoms with Crippen molar-refractivity contribution in [1.82, 2.24) is 0 Å². The molecule has 2 rings (SSSR count). The van der Waals surface area contributed by atoms with Gasteiger partial charge in [0, 0.05) is 27.9 Å². The number of allylic oxidation sites excluding steroid dienone is 3. The van der Waals surface area contributed by atoms with Crippen molar-refractivity contribution < 1.29 is 0 Å². The van der Waals surface area contributed by atoms with E-state index in [-0.39, 0.29) is 0 Å². The van der Waals surface area contributed by atoms with Crippen molar-refractivity contribution in [3.8, 4) is 0 Å². The largest absolute Gasteiger partial charge is 0.362 e. The van der Waals surface area contributed by atoms with E-state index in [1.165, 1.54) is 9.79 Å². The van der Waals surface area contributed by atoms with Crippen LogP contribution < -0.4 is 5.32 Å². The van der Waals surface area contributed by atoms with E-state index in [1.54, 1.807) is 29.7 Å². The van der Waals surface area contributed by atoms with Crippen LogP contribution in [-0.4, -0.2) is 18.7 Å². The second-order valence-corrected chi connectivity index (χ2v) is 6.35. The van der Waals surface area contributed by atoms with Gasteiger partial charge in [0.05, 0.1) is 5.69 Å². The topological polar surface area (TPSA) is 24.4 Å². The SMILES string of the molecule is CSc1ccc(N=CC=CC=CNc2ccc(SC)cc2)cc1. The molecule has 0 aliphatic heterocycles. The molecule has 4 heteroatoms. The third-order valence-corrected chi connectivity index (χ3v) is 4.53. The Balaban J connectivity index is 1.77. The minimum Gasteiger partial charge on any atom is -0.362 e. The maximum atomic E-state index is 4.38. The molecule has 0 spiro atoms. The molecule has 2 nitrogen and oxygen atoms in total. The van der Waals surface area contributed by atoms with E-state index in [4.69, 9.17) is 0 Å². The van der Waals surface area contributed by atoms with E-state index < -0.39 is 0 Å². The minimum atomic E-state index is 0.962. The van der Waals surface area contributed by atoms with Gasteiger partial charge in [-0.15, -0.1) is 23.5 Å². The maximum absolute atomic E-state index is 4.38. The Bertz CT molecular complexity index is 672. The Morgan fingerprint density at radius 2 is 1.39 bits per heavy atom. The van der Waals surface area contributed by atoms with E-state index in [0.29, 0.717) is 0 Å². The summed E-state index contributed by atoms with van der Waals surface area (Å²) >= 11 is 3.47. The molecular formula is C19H20N2S2. The van der Waals surface area contributed by atoms with E-state index in [2.05, 4.69) is 59.2 Å². The number of benzene rings is 2. The first-order chi connectivity index (χ1) is 11.3. The van der Waals surface area contributed by atoms with Gasteiger partial charge in [-0.25, -0.2) is 0 Å². The Morgan fingerprint density at radius 1 is 0.783 bits per heavy atom. The van der Waals surface area contributed by atoms with Crippen LogP contribution >= 0.6 is 23.5 Å². The van der Waals surface area contributed by atoms with Gasteiger partial charge in [0.1, 0.15) is 0 Å². The Labute approximate surface area is 146 Å². The summed E-state index contributed by atoms with van der Waals surface area (Å²) in [5, 5.41) is 3.23. The van der Waals surface area contributed by atoms with Crippen LogP contribution in [0.15, 0.2) is 87.7 Å². The van der Waals surface area contributed by atoms with Crippen LogP contribution in [0.5, 0.6) is 0 Å². The van der Waals surface area contributed by atoms with E-state index in [9.17, 15) is 0 Å². The Morgan fingerprint density at radius 3 is 2.00 bits per heavy atom. The minimum absolute atomic E-state index is 0.962. The lowest BCUT2D eigenvalue weighted by molar-refractivity contribution is 1.43. The van der Waals surface area contributed by atoms with Crippen molar-refractivity contribution in [2.45, 2.75) is 9.79 Å². The van der Waals surface area contributed by atoms with Gasteiger partial charge < -0.3 is 5.32 Å². The van der Waals surface area contributed by atoms with Gasteiger partial charge in [0.2, 0.25) is 0 Å². The fourth-order valence-corrected chi connectivity index (χ4v) is 2.61. The number of anilines is 1. The smallest absolute Gasteiger partial charge is 0.0630 e. The molecule has 0 aliphatic carbocycles. The van der Waals surface area contributed by atoms with E-state index in [1.807, 2.05) is 36.6 Å². The average molecular weight is 341 g/mol. The fraction of sp³-hybridized carbons (Fsp3) is 0.105. The van der Waals surface area contributed by atoms with Crippen molar-refractivity contribution in [3.05, 3.63) is 73.0 Å². The summed E-state index contributed by atoms with van der Waals surface area (Å²) in [5.41, 5.74) is 2.04. The number of hydrogen-bond donors (Lipinski definition) is 1. The van der Waals surface area contributed by atoms with E-state index in [0.717, 1.165) is 11.4 Å². The van der Waals surface area contributed by atoms with Crippen molar-refractivity contribution in [2.24, 2.45) is 4.99 Å². The molecule has 0 saturated heterocycles. The third kappa shape index (κ3) is 6.38. The Kier molecular flexibility index (Phi) is 7.57. The highest BCUT2D eigenvalue weighted by Gasteiger charge is 1.90. The summed E-state index contributed by atoms with van der Waals surface area (Å²) in [6.07, 6.45) is 13.7. The normalized spacial score (nSPS) is 11.7. The summed E-state index contributed by atoms with van der Waals surface area (Å²) in [4.78, 5) is 6.89. The molecule has 0 atom stereocenters. The highest BCUT2D eigenvalue weighted by atomic mass is 32.2. The van der Waals surface area contributed by atoms with Crippen molar-refractivity contribution in [2.75, 3.05) is 17.8 Å². The van der Waals surface area contributed by atoms with Crippen LogP contribution in [0.3, 0.4) is 0 Å². The standard InChI is InChI=1S/C19H20N2S2/c1-22-18-10-6-16(7-11-18)20-14-4-3-5-15-21-17-8-12-19(23-2)13-9-17/h3-15,20H,1-2H3. The number of aliphatic imine (C=N–C) groups is 1. The summed E-state index contributed by atoms with van der Waals surface area (Å²) in [7, 11) is 0. The molecular weight excluding hydrogens is 320 g/mol. The molecule has 2 aromatic rings. The highest BCUT2D eigenvalue weighted by molar-refractivity contribution is 7.98. The zero-order chi connectivity index (χ0) is 16.3. The molecule has 0 saturated carbocycles. The number of rotatable bonds is 7. The molecule has 1 N–H and O–H groups in total. The number of nitrogens with zero attached hydrogens (tertiary/aromatic N) is 1. The molecule has 0 fully saturated rings. The zero-order valence-electron chi connectivity index (χ0n) is 13.3. The monoisotopic (exact) mass is 340 g/mol. The predicted octanol–water partition coefficient (Wildman–Crippen LogP) is 6.01. The van der Waals surface area contributed by atoms with Gasteiger partial charge in [-0.05, 0) is 73.2 Å². The molecule has 2 aromatic carbocycles. The second-order valence-electron chi connectivity index (χ2n) is 4.59. The molecule has 0 unspecified atom stereocenters. The summed E-state index contributed by atoms with van der Waals surface area (Å²) in [6.45, 7) is 0. The van der Waals surface area contributed by atoms with Gasteiger partial charge in [-0.1, -0.05) is 6.08 Å². The first-order valence-electron chi connectivity index (χ1n) is 7.22. The number of hydrogen-bond acceptors (Lipinski definition) is 4. The number of thioether (sulfide) groups is 2. The molecule has 0 heterocycles. The predicted molar refractivity (Wildman–Crippen MR) is 107 cm³/mol. The summed E-state index contributed by atoms with van der Waals surface area (Å²) in [6, 6.07) is 16.5. The quantitative estimate of drug-likeness (QED) is 0.379. The van der Waals surface area contributed by atoms with Crippen molar-refractivity contribution in [1.29, 1.82) is 0 Å². The van der Waals surface area contributed by atoms with Crippen LogP contribution in [-0.2, 0) is 0 Å². The first kappa shape index (κ1) is 17.4. The lowest BCUT2D eigenvalue weighted by atomic mass is 10.3. The first-order valence-corrected chi connectivity index (χ1v) is 9.67. The van der Waals surface area contributed by atoms with Crippen LogP contribution in [0.4, 0.5) is 11.4 Å². The van der Waals surface area contributed by atoms with Gasteiger partial charge in [0.15, 0.2) is 0 Å². The zero-order valence-corrected chi connectivity index (χ0v) is 14.9. The molecule has 0 bridgehead atoms. The third-order valence-electron chi connectivity index (χ3n) is 3.04. The summed E-state index contributed by atoms with van der Waals surface area (Å²) < 4.78 is 0. The molecule has 0 aromatic heterocycles. The van der Waals surface area contributed by atoms with Crippen LogP contribution in [0.2, 0.25) is 0 Å². The Hall–Kier alpha value is -1.91. The molecule has 23 heavy (non-hydrogen) atoms. The van der Waals surface area contributed by atoms with Gasteiger partial charge in [-0.3, -0.25) is 4.99 Å². The maximum Gasteiger partial charge on any atom is 0.0630 e. The van der Waals surface area contributed by atoms with E-state index >= 15 is 0 Å². The van der Waals surface area contributed by atoms with Crippen LogP contribution in [0, 0.1) is 0 Å². The van der Waals surface area contributed by atoms with Crippen molar-refractivity contribution >= 4 is 41.1 Å². The van der Waals surface area contributed by atoms with Gasteiger partial charge in [0.25, 0.3) is 0 Å². The summed E-state index contributed by atoms with van der Waals surface area (Å²) in [5.74, 6) is 0.